The fourth-order valence-corrected chi connectivity index (χ4v) is 3.31. The molecule has 0 aromatic heterocycles. The molecular weight excluding hydrogens is 260 g/mol. The number of aromatic hydroxyl groups is 1. The number of benzene rings is 2. The Morgan fingerprint density at radius 3 is 2.43 bits per heavy atom. The fourth-order valence-electron chi connectivity index (χ4n) is 3.31. The van der Waals surface area contributed by atoms with Crippen LogP contribution in [0.3, 0.4) is 0 Å². The molecule has 0 saturated heterocycles. The molecule has 2 aromatic carbocycles. The van der Waals surface area contributed by atoms with Gasteiger partial charge in [0.25, 0.3) is 0 Å². The Morgan fingerprint density at radius 2 is 1.81 bits per heavy atom. The Labute approximate surface area is 125 Å². The number of rotatable bonds is 3. The molecule has 0 heterocycles. The van der Waals surface area contributed by atoms with Crippen LogP contribution in [-0.4, -0.2) is 12.2 Å². The van der Waals surface area contributed by atoms with Crippen LogP contribution in [0.1, 0.15) is 42.9 Å². The number of hydrogen-bond donors (Lipinski definition) is 1. The molecule has 3 rings (SSSR count). The zero-order valence-corrected chi connectivity index (χ0v) is 12.7. The molecule has 1 N–H and O–H groups in total. The van der Waals surface area contributed by atoms with E-state index in [1.165, 1.54) is 27.8 Å². The molecule has 1 atom stereocenters. The van der Waals surface area contributed by atoms with Crippen LogP contribution in [0.5, 0.6) is 11.5 Å². The maximum absolute atomic E-state index is 9.50. The number of methoxy groups -OCH3 is 1. The minimum absolute atomic E-state index is 0.308. The number of hydrogen-bond acceptors (Lipinski definition) is 2. The summed E-state index contributed by atoms with van der Waals surface area (Å²) in [4.78, 5) is 0. The molecule has 1 aliphatic carbocycles. The van der Waals surface area contributed by atoms with E-state index < -0.39 is 0 Å². The highest BCUT2D eigenvalue weighted by molar-refractivity contribution is 5.99. The van der Waals surface area contributed by atoms with Crippen LogP contribution in [0.15, 0.2) is 42.5 Å². The van der Waals surface area contributed by atoms with E-state index in [1.807, 2.05) is 18.2 Å². The first-order valence-electron chi connectivity index (χ1n) is 7.36. The smallest absolute Gasteiger partial charge is 0.119 e. The van der Waals surface area contributed by atoms with E-state index in [-0.39, 0.29) is 0 Å². The summed E-state index contributed by atoms with van der Waals surface area (Å²) in [7, 11) is 1.70. The van der Waals surface area contributed by atoms with Gasteiger partial charge in [0.05, 0.1) is 7.11 Å². The molecule has 108 valence electrons. The van der Waals surface area contributed by atoms with Gasteiger partial charge in [0.1, 0.15) is 11.5 Å². The van der Waals surface area contributed by atoms with Gasteiger partial charge >= 0.3 is 0 Å². The number of fused-ring (bicyclic) bond motifs is 1. The van der Waals surface area contributed by atoms with Gasteiger partial charge in [-0.2, -0.15) is 0 Å². The van der Waals surface area contributed by atoms with Gasteiger partial charge in [0, 0.05) is 5.92 Å². The zero-order chi connectivity index (χ0) is 15.0. The molecule has 1 aliphatic rings. The standard InChI is InChI=1S/C19H20O2/c1-4-16-17-10-9-15(21-3)11-18(17)12(2)19(16)13-5-7-14(20)8-6-13/h5-12,20H,4H2,1-3H3/t12-/m1/s1. The van der Waals surface area contributed by atoms with Gasteiger partial charge in [0.15, 0.2) is 0 Å². The summed E-state index contributed by atoms with van der Waals surface area (Å²) in [5.41, 5.74) is 6.60. The highest BCUT2D eigenvalue weighted by atomic mass is 16.5. The van der Waals surface area contributed by atoms with Crippen LogP contribution in [0.2, 0.25) is 0 Å². The third kappa shape index (κ3) is 2.21. The summed E-state index contributed by atoms with van der Waals surface area (Å²) in [5, 5.41) is 9.50. The first-order chi connectivity index (χ1) is 10.2. The minimum atomic E-state index is 0.308. The van der Waals surface area contributed by atoms with Crippen molar-refractivity contribution in [2.24, 2.45) is 0 Å². The first-order valence-corrected chi connectivity index (χ1v) is 7.36. The summed E-state index contributed by atoms with van der Waals surface area (Å²) in [6, 6.07) is 13.8. The Kier molecular flexibility index (Phi) is 3.46. The second-order valence-corrected chi connectivity index (χ2v) is 5.47. The molecule has 2 heteroatoms. The zero-order valence-electron chi connectivity index (χ0n) is 12.7. The largest absolute Gasteiger partial charge is 0.508 e. The summed E-state index contributed by atoms with van der Waals surface area (Å²) in [5.74, 6) is 1.56. The average Bonchev–Trinajstić information content (AvgIpc) is 2.80. The van der Waals surface area contributed by atoms with Gasteiger partial charge in [-0.25, -0.2) is 0 Å². The van der Waals surface area contributed by atoms with Crippen molar-refractivity contribution in [1.82, 2.24) is 0 Å². The Hall–Kier alpha value is -2.22. The van der Waals surface area contributed by atoms with E-state index in [2.05, 4.69) is 26.0 Å². The number of phenols is 1. The van der Waals surface area contributed by atoms with Crippen molar-refractivity contribution in [3.8, 4) is 11.5 Å². The first kappa shape index (κ1) is 13.7. The van der Waals surface area contributed by atoms with Crippen LogP contribution >= 0.6 is 0 Å². The van der Waals surface area contributed by atoms with E-state index in [1.54, 1.807) is 19.2 Å². The topological polar surface area (TPSA) is 29.5 Å². The highest BCUT2D eigenvalue weighted by Crippen LogP contribution is 2.48. The Bertz CT molecular complexity index is 696. The van der Waals surface area contributed by atoms with Crippen molar-refractivity contribution in [3.05, 3.63) is 59.2 Å². The maximum Gasteiger partial charge on any atom is 0.119 e. The maximum atomic E-state index is 9.50. The number of allylic oxidation sites excluding steroid dienone is 2. The molecule has 0 saturated carbocycles. The monoisotopic (exact) mass is 280 g/mol. The molecule has 0 spiro atoms. The van der Waals surface area contributed by atoms with Crippen molar-refractivity contribution >= 4 is 11.1 Å². The van der Waals surface area contributed by atoms with E-state index in [0.29, 0.717) is 11.7 Å². The van der Waals surface area contributed by atoms with Crippen LogP contribution < -0.4 is 4.74 Å². The lowest BCUT2D eigenvalue weighted by Gasteiger charge is -2.13. The molecule has 0 fully saturated rings. The lowest BCUT2D eigenvalue weighted by Crippen LogP contribution is -1.94. The average molecular weight is 280 g/mol. The quantitative estimate of drug-likeness (QED) is 0.871. The van der Waals surface area contributed by atoms with Gasteiger partial charge in [0.2, 0.25) is 0 Å². The number of ether oxygens (including phenoxy) is 1. The summed E-state index contributed by atoms with van der Waals surface area (Å²) >= 11 is 0. The normalized spacial score (nSPS) is 17.0. The third-order valence-corrected chi connectivity index (χ3v) is 4.34. The molecule has 2 nitrogen and oxygen atoms in total. The molecule has 2 aromatic rings. The van der Waals surface area contributed by atoms with Gasteiger partial charge in [-0.3, -0.25) is 0 Å². The lowest BCUT2D eigenvalue weighted by molar-refractivity contribution is 0.414. The van der Waals surface area contributed by atoms with Crippen LogP contribution in [0.4, 0.5) is 0 Å². The lowest BCUT2D eigenvalue weighted by atomic mass is 9.92. The molecule has 21 heavy (non-hydrogen) atoms. The van der Waals surface area contributed by atoms with Gasteiger partial charge in [-0.1, -0.05) is 32.0 Å². The summed E-state index contributed by atoms with van der Waals surface area (Å²) < 4.78 is 5.36. The van der Waals surface area contributed by atoms with E-state index in [0.717, 1.165) is 12.2 Å². The van der Waals surface area contributed by atoms with Crippen molar-refractivity contribution in [1.29, 1.82) is 0 Å². The Morgan fingerprint density at radius 1 is 1.10 bits per heavy atom. The SMILES string of the molecule is CCC1=C(c2ccc(O)cc2)[C@H](C)c2cc(OC)ccc21. The van der Waals surface area contributed by atoms with Gasteiger partial charge in [-0.05, 0) is 58.5 Å². The second-order valence-electron chi connectivity index (χ2n) is 5.47. The number of phenolic OH excluding ortho intramolecular Hbond substituents is 1. The molecule has 0 unspecified atom stereocenters. The van der Waals surface area contributed by atoms with Crippen molar-refractivity contribution in [2.75, 3.05) is 7.11 Å². The molecule has 0 bridgehead atoms. The molecule has 0 radical (unpaired) electrons. The summed E-state index contributed by atoms with van der Waals surface area (Å²) in [6.07, 6.45) is 1.000. The van der Waals surface area contributed by atoms with Gasteiger partial charge < -0.3 is 9.84 Å². The third-order valence-electron chi connectivity index (χ3n) is 4.34. The molecular formula is C19H20O2. The predicted octanol–water partition coefficient (Wildman–Crippen LogP) is 4.84. The van der Waals surface area contributed by atoms with Crippen LogP contribution in [0.25, 0.3) is 11.1 Å². The van der Waals surface area contributed by atoms with Crippen molar-refractivity contribution < 1.29 is 9.84 Å². The molecule has 0 amide bonds. The van der Waals surface area contributed by atoms with Crippen molar-refractivity contribution in [3.63, 3.8) is 0 Å². The van der Waals surface area contributed by atoms with Crippen LogP contribution in [-0.2, 0) is 0 Å². The summed E-state index contributed by atoms with van der Waals surface area (Å²) in [6.45, 7) is 4.44. The second kappa shape index (κ2) is 5.28. The van der Waals surface area contributed by atoms with Gasteiger partial charge in [-0.15, -0.1) is 0 Å². The van der Waals surface area contributed by atoms with E-state index >= 15 is 0 Å². The minimum Gasteiger partial charge on any atom is -0.508 e. The van der Waals surface area contributed by atoms with E-state index in [4.69, 9.17) is 4.74 Å². The fraction of sp³-hybridized carbons (Fsp3) is 0.263. The predicted molar refractivity (Wildman–Crippen MR) is 86.6 cm³/mol. The Balaban J connectivity index is 2.14. The highest BCUT2D eigenvalue weighted by Gasteiger charge is 2.28. The van der Waals surface area contributed by atoms with Crippen LogP contribution in [0, 0.1) is 0 Å². The molecule has 0 aliphatic heterocycles. The van der Waals surface area contributed by atoms with E-state index in [9.17, 15) is 5.11 Å². The van der Waals surface area contributed by atoms with Crippen molar-refractivity contribution in [2.45, 2.75) is 26.2 Å².